The molecule has 2 saturated heterocycles. The number of carbonyl (C=O) groups excluding carboxylic acids is 3. The Morgan fingerprint density at radius 1 is 0.769 bits per heavy atom. The minimum atomic E-state index is -0.418. The van der Waals surface area contributed by atoms with Crippen LogP contribution >= 0.6 is 0 Å². The van der Waals surface area contributed by atoms with E-state index in [0.717, 1.165) is 24.8 Å². The number of piperazine rings is 1. The maximum absolute atomic E-state index is 12.4. The molecule has 0 aromatic heterocycles. The molecular weight excluding hydrogens is 330 g/mol. The molecule has 2 heterocycles. The highest BCUT2D eigenvalue weighted by atomic mass is 16.2. The lowest BCUT2D eigenvalue weighted by molar-refractivity contribution is -0.153. The molecule has 140 valence electrons. The summed E-state index contributed by atoms with van der Waals surface area (Å²) in [6.07, 6.45) is 3.15. The Labute approximate surface area is 154 Å². The molecular formula is C20H27N3O3. The fraction of sp³-hybridized carbons (Fsp3) is 0.550. The highest BCUT2D eigenvalue weighted by molar-refractivity contribution is 6.35. The summed E-state index contributed by atoms with van der Waals surface area (Å²) in [6.45, 7) is 5.30. The second-order valence-electron chi connectivity index (χ2n) is 7.16. The molecule has 0 spiro atoms. The number of carbonyl (C=O) groups is 3. The molecule has 0 saturated carbocycles. The van der Waals surface area contributed by atoms with Gasteiger partial charge in [0.25, 0.3) is 0 Å². The van der Waals surface area contributed by atoms with E-state index < -0.39 is 5.91 Å². The molecule has 0 aliphatic carbocycles. The Balaban J connectivity index is 1.43. The molecule has 1 aromatic rings. The summed E-state index contributed by atoms with van der Waals surface area (Å²) in [5.74, 6) is -0.691. The highest BCUT2D eigenvalue weighted by Crippen LogP contribution is 2.12. The van der Waals surface area contributed by atoms with Crippen LogP contribution in [0.15, 0.2) is 24.3 Å². The molecule has 3 rings (SSSR count). The number of rotatable bonds is 3. The maximum Gasteiger partial charge on any atom is 0.312 e. The van der Waals surface area contributed by atoms with Crippen molar-refractivity contribution < 1.29 is 14.4 Å². The average Bonchev–Trinajstić information content (AvgIpc) is 3.21. The third-order valence-electron chi connectivity index (χ3n) is 5.24. The van der Waals surface area contributed by atoms with E-state index in [1.54, 1.807) is 14.7 Å². The lowest BCUT2D eigenvalue weighted by Crippen LogP contribution is -2.54. The lowest BCUT2D eigenvalue weighted by atomic mass is 10.1. The summed E-state index contributed by atoms with van der Waals surface area (Å²) in [6, 6.07) is 8.23. The Bertz CT molecular complexity index is 657. The third-order valence-corrected chi connectivity index (χ3v) is 5.24. The highest BCUT2D eigenvalue weighted by Gasteiger charge is 2.31. The Hall–Kier alpha value is -2.37. The van der Waals surface area contributed by atoms with E-state index in [0.29, 0.717) is 45.7 Å². The van der Waals surface area contributed by atoms with Crippen molar-refractivity contribution in [1.82, 2.24) is 14.7 Å². The summed E-state index contributed by atoms with van der Waals surface area (Å²) in [5.41, 5.74) is 2.37. The van der Waals surface area contributed by atoms with Gasteiger partial charge in [-0.15, -0.1) is 0 Å². The van der Waals surface area contributed by atoms with Gasteiger partial charge in [-0.1, -0.05) is 29.8 Å². The number of amides is 3. The average molecular weight is 357 g/mol. The third kappa shape index (κ3) is 4.42. The van der Waals surface area contributed by atoms with Gasteiger partial charge < -0.3 is 14.7 Å². The monoisotopic (exact) mass is 357 g/mol. The van der Waals surface area contributed by atoms with Crippen LogP contribution in [0.25, 0.3) is 0 Å². The summed E-state index contributed by atoms with van der Waals surface area (Å²) in [4.78, 5) is 42.0. The van der Waals surface area contributed by atoms with Gasteiger partial charge in [0.15, 0.2) is 0 Å². The van der Waals surface area contributed by atoms with E-state index in [4.69, 9.17) is 0 Å². The van der Waals surface area contributed by atoms with Crippen molar-refractivity contribution in [3.05, 3.63) is 35.4 Å². The SMILES string of the molecule is Cc1ccc(CCC(=O)N2CCN(C(=O)C(=O)N3CCCC3)CC2)cc1. The molecule has 1 aromatic carbocycles. The van der Waals surface area contributed by atoms with Gasteiger partial charge in [-0.3, -0.25) is 14.4 Å². The van der Waals surface area contributed by atoms with E-state index >= 15 is 0 Å². The van der Waals surface area contributed by atoms with Crippen LogP contribution in [0, 0.1) is 6.92 Å². The van der Waals surface area contributed by atoms with Crippen molar-refractivity contribution in [1.29, 1.82) is 0 Å². The topological polar surface area (TPSA) is 60.9 Å². The van der Waals surface area contributed by atoms with Crippen molar-refractivity contribution in [2.75, 3.05) is 39.3 Å². The second-order valence-corrected chi connectivity index (χ2v) is 7.16. The van der Waals surface area contributed by atoms with Crippen molar-refractivity contribution in [3.63, 3.8) is 0 Å². The van der Waals surface area contributed by atoms with Gasteiger partial charge in [0.2, 0.25) is 5.91 Å². The van der Waals surface area contributed by atoms with Crippen LogP contribution in [0.2, 0.25) is 0 Å². The number of benzene rings is 1. The minimum Gasteiger partial charge on any atom is -0.339 e. The van der Waals surface area contributed by atoms with Crippen LogP contribution in [0.4, 0.5) is 0 Å². The van der Waals surface area contributed by atoms with Crippen LogP contribution in [0.1, 0.15) is 30.4 Å². The molecule has 2 fully saturated rings. The first-order valence-corrected chi connectivity index (χ1v) is 9.46. The Morgan fingerprint density at radius 3 is 1.85 bits per heavy atom. The number of hydrogen-bond donors (Lipinski definition) is 0. The molecule has 0 unspecified atom stereocenters. The zero-order valence-electron chi connectivity index (χ0n) is 15.4. The van der Waals surface area contributed by atoms with Gasteiger partial charge >= 0.3 is 11.8 Å². The first-order chi connectivity index (χ1) is 12.5. The van der Waals surface area contributed by atoms with Gasteiger partial charge in [-0.05, 0) is 31.7 Å². The first kappa shape index (κ1) is 18.4. The van der Waals surface area contributed by atoms with Crippen molar-refractivity contribution in [3.8, 4) is 0 Å². The molecule has 2 aliphatic heterocycles. The number of hydrogen-bond acceptors (Lipinski definition) is 3. The van der Waals surface area contributed by atoms with Gasteiger partial charge in [0, 0.05) is 45.7 Å². The predicted octanol–water partition coefficient (Wildman–Crippen LogP) is 1.22. The Kier molecular flexibility index (Phi) is 5.91. The molecule has 6 nitrogen and oxygen atoms in total. The summed E-state index contributed by atoms with van der Waals surface area (Å²) in [7, 11) is 0. The number of nitrogens with zero attached hydrogens (tertiary/aromatic N) is 3. The standard InChI is InChI=1S/C20H27N3O3/c1-16-4-6-17(7-5-16)8-9-18(24)21-12-14-23(15-13-21)20(26)19(25)22-10-2-3-11-22/h4-7H,2-3,8-15H2,1H3. The largest absolute Gasteiger partial charge is 0.339 e. The summed E-state index contributed by atoms with van der Waals surface area (Å²) < 4.78 is 0. The van der Waals surface area contributed by atoms with Gasteiger partial charge in [-0.25, -0.2) is 0 Å². The van der Waals surface area contributed by atoms with Crippen LogP contribution in [0.5, 0.6) is 0 Å². The first-order valence-electron chi connectivity index (χ1n) is 9.46. The zero-order chi connectivity index (χ0) is 18.5. The quantitative estimate of drug-likeness (QED) is 0.764. The van der Waals surface area contributed by atoms with Gasteiger partial charge in [0.05, 0.1) is 0 Å². The van der Waals surface area contributed by atoms with E-state index in [1.807, 2.05) is 6.92 Å². The van der Waals surface area contributed by atoms with Crippen molar-refractivity contribution in [2.24, 2.45) is 0 Å². The van der Waals surface area contributed by atoms with E-state index in [9.17, 15) is 14.4 Å². The molecule has 0 bridgehead atoms. The number of aryl methyl sites for hydroxylation is 2. The Morgan fingerprint density at radius 2 is 1.27 bits per heavy atom. The summed E-state index contributed by atoms with van der Waals surface area (Å²) >= 11 is 0. The fourth-order valence-corrected chi connectivity index (χ4v) is 3.51. The van der Waals surface area contributed by atoms with E-state index in [1.165, 1.54) is 5.56 Å². The molecule has 0 radical (unpaired) electrons. The summed E-state index contributed by atoms with van der Waals surface area (Å²) in [5, 5.41) is 0. The normalized spacial score (nSPS) is 17.5. The predicted molar refractivity (Wildman–Crippen MR) is 98.5 cm³/mol. The second kappa shape index (κ2) is 8.34. The van der Waals surface area contributed by atoms with Crippen LogP contribution < -0.4 is 0 Å². The van der Waals surface area contributed by atoms with Crippen molar-refractivity contribution in [2.45, 2.75) is 32.6 Å². The molecule has 0 atom stereocenters. The fourth-order valence-electron chi connectivity index (χ4n) is 3.51. The van der Waals surface area contributed by atoms with Crippen LogP contribution in [-0.4, -0.2) is 71.7 Å². The lowest BCUT2D eigenvalue weighted by Gasteiger charge is -2.35. The molecule has 0 N–H and O–H groups in total. The maximum atomic E-state index is 12.4. The molecule has 2 aliphatic rings. The van der Waals surface area contributed by atoms with Crippen LogP contribution in [0.3, 0.4) is 0 Å². The van der Waals surface area contributed by atoms with Gasteiger partial charge in [-0.2, -0.15) is 0 Å². The van der Waals surface area contributed by atoms with E-state index in [2.05, 4.69) is 24.3 Å². The van der Waals surface area contributed by atoms with Crippen molar-refractivity contribution >= 4 is 17.7 Å². The molecule has 6 heteroatoms. The minimum absolute atomic E-state index is 0.114. The molecule has 26 heavy (non-hydrogen) atoms. The number of likely N-dealkylation sites (tertiary alicyclic amines) is 1. The van der Waals surface area contributed by atoms with E-state index in [-0.39, 0.29) is 11.8 Å². The zero-order valence-corrected chi connectivity index (χ0v) is 15.4. The molecule has 3 amide bonds. The van der Waals surface area contributed by atoms with Crippen LogP contribution in [-0.2, 0) is 20.8 Å². The smallest absolute Gasteiger partial charge is 0.312 e. The van der Waals surface area contributed by atoms with Gasteiger partial charge in [0.1, 0.15) is 0 Å².